The molecule has 2 nitrogen and oxygen atoms in total. The molecule has 1 rings (SSSR count). The molecule has 1 aromatic carbocycles. The van der Waals surface area contributed by atoms with Gasteiger partial charge in [0.2, 0.25) is 0 Å². The topological polar surface area (TPSA) is 29.1 Å². The molecule has 0 saturated carbocycles. The normalized spacial score (nSPS) is 9.21. The van der Waals surface area contributed by atoms with E-state index in [2.05, 4.69) is 11.9 Å². The van der Waals surface area contributed by atoms with Crippen molar-refractivity contribution in [3.63, 3.8) is 0 Å². The van der Waals surface area contributed by atoms with Crippen molar-refractivity contribution in [1.29, 1.82) is 0 Å². The van der Waals surface area contributed by atoms with Crippen LogP contribution in [0.5, 0.6) is 0 Å². The highest BCUT2D eigenvalue weighted by atomic mass is 32.1. The summed E-state index contributed by atoms with van der Waals surface area (Å²) in [6.07, 6.45) is 0. The van der Waals surface area contributed by atoms with Gasteiger partial charge in [-0.3, -0.25) is 4.79 Å². The van der Waals surface area contributed by atoms with Crippen LogP contribution in [0, 0.1) is 0 Å². The Kier molecular flexibility index (Phi) is 3.54. The van der Waals surface area contributed by atoms with Crippen LogP contribution in [0.4, 0.5) is 0 Å². The fourth-order valence-electron chi connectivity index (χ4n) is 0.872. The van der Waals surface area contributed by atoms with Gasteiger partial charge in [0.1, 0.15) is 4.99 Å². The Morgan fingerprint density at radius 1 is 1.36 bits per heavy atom. The van der Waals surface area contributed by atoms with Gasteiger partial charge in [0.25, 0.3) is 5.91 Å². The summed E-state index contributed by atoms with van der Waals surface area (Å²) in [4.78, 5) is 11.7. The number of carbonyl (C=O) groups is 1. The lowest BCUT2D eigenvalue weighted by Crippen LogP contribution is -2.29. The molecule has 0 aliphatic carbocycles. The van der Waals surface area contributed by atoms with E-state index < -0.39 is 0 Å². The monoisotopic (exact) mass is 205 g/mol. The summed E-state index contributed by atoms with van der Waals surface area (Å²) in [5.74, 6) is -0.237. The van der Waals surface area contributed by atoms with E-state index in [1.54, 1.807) is 6.92 Å². The Morgan fingerprint density at radius 3 is 2.43 bits per heavy atom. The molecule has 0 aliphatic heterocycles. The predicted octanol–water partition coefficient (Wildman–Crippen LogP) is 2.05. The largest absolute Gasteiger partial charge is 0.313 e. The first-order chi connectivity index (χ1) is 6.61. The van der Waals surface area contributed by atoms with Crippen molar-refractivity contribution in [3.8, 4) is 0 Å². The smallest absolute Gasteiger partial charge is 0.251 e. The molecule has 14 heavy (non-hydrogen) atoms. The van der Waals surface area contributed by atoms with Gasteiger partial charge in [-0.15, -0.1) is 0 Å². The van der Waals surface area contributed by atoms with Gasteiger partial charge in [-0.05, 0) is 6.92 Å². The van der Waals surface area contributed by atoms with Crippen LogP contribution in [0.3, 0.4) is 0 Å². The van der Waals surface area contributed by atoms with Crippen molar-refractivity contribution in [2.75, 3.05) is 0 Å². The summed E-state index contributed by atoms with van der Waals surface area (Å²) < 4.78 is 0. The fraction of sp³-hybridized carbons (Fsp3) is 0.0909. The number of benzene rings is 1. The Balaban J connectivity index is 2.69. The molecule has 0 unspecified atom stereocenters. The second-order valence-electron chi connectivity index (χ2n) is 2.93. The van der Waals surface area contributed by atoms with Gasteiger partial charge in [-0.2, -0.15) is 0 Å². The lowest BCUT2D eigenvalue weighted by atomic mass is 10.2. The molecule has 0 aromatic heterocycles. The van der Waals surface area contributed by atoms with Crippen LogP contribution in [0.15, 0.2) is 42.5 Å². The van der Waals surface area contributed by atoms with Crippen LogP contribution >= 0.6 is 12.2 Å². The molecule has 0 bridgehead atoms. The second kappa shape index (κ2) is 4.67. The third kappa shape index (κ3) is 2.78. The Hall–Kier alpha value is -1.48. The van der Waals surface area contributed by atoms with E-state index >= 15 is 0 Å². The number of hydrogen-bond acceptors (Lipinski definition) is 2. The van der Waals surface area contributed by atoms with Gasteiger partial charge in [-0.1, -0.05) is 49.1 Å². The minimum atomic E-state index is -0.237. The summed E-state index contributed by atoms with van der Waals surface area (Å²) in [5, 5.41) is 2.59. The predicted molar refractivity (Wildman–Crippen MR) is 61.1 cm³/mol. The molecule has 1 amide bonds. The average Bonchev–Trinajstić information content (AvgIpc) is 2.19. The van der Waals surface area contributed by atoms with Crippen LogP contribution in [0.1, 0.15) is 12.5 Å². The van der Waals surface area contributed by atoms with Gasteiger partial charge in [-0.25, -0.2) is 0 Å². The zero-order chi connectivity index (χ0) is 10.6. The highest BCUT2D eigenvalue weighted by molar-refractivity contribution is 7.80. The zero-order valence-electron chi connectivity index (χ0n) is 7.91. The Morgan fingerprint density at radius 2 is 1.93 bits per heavy atom. The number of hydrogen-bond donors (Lipinski definition) is 1. The SMILES string of the molecule is C=C(C)C(=O)NC(=S)c1ccccc1. The minimum absolute atomic E-state index is 0.237. The number of thiocarbonyl (C=S) groups is 1. The van der Waals surface area contributed by atoms with E-state index in [0.29, 0.717) is 10.6 Å². The molecule has 0 saturated heterocycles. The lowest BCUT2D eigenvalue weighted by Gasteiger charge is -2.05. The summed E-state index contributed by atoms with van der Waals surface area (Å²) >= 11 is 5.04. The highest BCUT2D eigenvalue weighted by Crippen LogP contribution is 1.99. The van der Waals surface area contributed by atoms with Crippen molar-refractivity contribution in [2.45, 2.75) is 6.92 Å². The summed E-state index contributed by atoms with van der Waals surface area (Å²) in [5.41, 5.74) is 1.28. The molecule has 0 spiro atoms. The van der Waals surface area contributed by atoms with E-state index in [4.69, 9.17) is 12.2 Å². The van der Waals surface area contributed by atoms with Gasteiger partial charge in [0.05, 0.1) is 0 Å². The van der Waals surface area contributed by atoms with Gasteiger partial charge in [0, 0.05) is 11.1 Å². The quantitative estimate of drug-likeness (QED) is 0.591. The standard InChI is InChI=1S/C11H11NOS/c1-8(2)10(13)12-11(14)9-6-4-3-5-7-9/h3-7H,1H2,2H3,(H,12,13,14). The highest BCUT2D eigenvalue weighted by Gasteiger charge is 2.05. The summed E-state index contributed by atoms with van der Waals surface area (Å²) in [7, 11) is 0. The van der Waals surface area contributed by atoms with Crippen LogP contribution in [-0.2, 0) is 4.79 Å². The first-order valence-electron chi connectivity index (χ1n) is 4.17. The van der Waals surface area contributed by atoms with Crippen molar-refractivity contribution in [3.05, 3.63) is 48.0 Å². The lowest BCUT2D eigenvalue weighted by molar-refractivity contribution is -0.116. The first-order valence-corrected chi connectivity index (χ1v) is 4.58. The number of nitrogens with one attached hydrogen (secondary N) is 1. The van der Waals surface area contributed by atoms with E-state index in [9.17, 15) is 4.79 Å². The van der Waals surface area contributed by atoms with Crippen LogP contribution in [0.25, 0.3) is 0 Å². The third-order valence-corrected chi connectivity index (χ3v) is 1.99. The van der Waals surface area contributed by atoms with Gasteiger partial charge < -0.3 is 5.32 Å². The first kappa shape index (κ1) is 10.6. The minimum Gasteiger partial charge on any atom is -0.313 e. The van der Waals surface area contributed by atoms with Crippen LogP contribution < -0.4 is 5.32 Å². The summed E-state index contributed by atoms with van der Waals surface area (Å²) in [6, 6.07) is 9.33. The van der Waals surface area contributed by atoms with E-state index in [1.807, 2.05) is 30.3 Å². The molecule has 0 radical (unpaired) electrons. The van der Waals surface area contributed by atoms with E-state index in [1.165, 1.54) is 0 Å². The average molecular weight is 205 g/mol. The van der Waals surface area contributed by atoms with Crippen molar-refractivity contribution < 1.29 is 4.79 Å². The molecule has 0 fully saturated rings. The number of amides is 1. The van der Waals surface area contributed by atoms with Crippen LogP contribution in [0.2, 0.25) is 0 Å². The molecule has 0 aliphatic rings. The molecular formula is C11H11NOS. The number of carbonyl (C=O) groups excluding carboxylic acids is 1. The summed E-state index contributed by atoms with van der Waals surface area (Å²) in [6.45, 7) is 5.17. The van der Waals surface area contributed by atoms with Crippen molar-refractivity contribution in [2.24, 2.45) is 0 Å². The molecule has 0 atom stereocenters. The molecule has 0 heterocycles. The molecule has 1 aromatic rings. The van der Waals surface area contributed by atoms with E-state index in [0.717, 1.165) is 5.56 Å². The number of rotatable bonds is 2. The van der Waals surface area contributed by atoms with Crippen molar-refractivity contribution in [1.82, 2.24) is 5.32 Å². The van der Waals surface area contributed by atoms with Gasteiger partial charge in [0.15, 0.2) is 0 Å². The molecular weight excluding hydrogens is 194 g/mol. The maximum Gasteiger partial charge on any atom is 0.251 e. The fourth-order valence-corrected chi connectivity index (χ4v) is 1.10. The second-order valence-corrected chi connectivity index (χ2v) is 3.34. The zero-order valence-corrected chi connectivity index (χ0v) is 8.73. The Bertz CT molecular complexity index is 370. The maximum absolute atomic E-state index is 11.2. The van der Waals surface area contributed by atoms with E-state index in [-0.39, 0.29) is 5.91 Å². The Labute approximate surface area is 88.6 Å². The molecule has 1 N–H and O–H groups in total. The van der Waals surface area contributed by atoms with Crippen LogP contribution in [-0.4, -0.2) is 10.9 Å². The van der Waals surface area contributed by atoms with Crippen molar-refractivity contribution >= 4 is 23.1 Å². The molecule has 72 valence electrons. The third-order valence-electron chi connectivity index (χ3n) is 1.65. The molecule has 3 heteroatoms. The maximum atomic E-state index is 11.2. The van der Waals surface area contributed by atoms with Gasteiger partial charge >= 0.3 is 0 Å².